The molecule has 1 amide bonds. The smallest absolute Gasteiger partial charge is 0.319 e. The van der Waals surface area contributed by atoms with Crippen LogP contribution in [0.3, 0.4) is 0 Å². The standard InChI is InChI=1S/C32H31ClFN5O2/c1-3-29(40)38-13-12-27-28(38)17-39(27)31-24-11-10-20(23-8-4-6-19-7-5-9-25(33)30(19)23)14-26(24)35-32(36-31)41-18-22-15-21(34)16-37(22)2/h3-11,14,21-22,27-28H,1,12-13,15-18H2,2H3/t21-,22+,27-,28-/m1/s1. The quantitative estimate of drug-likeness (QED) is 0.285. The number of likely N-dealkylation sites (N-methyl/N-ethyl adjacent to an activating group) is 1. The van der Waals surface area contributed by atoms with Crippen LogP contribution in [0.5, 0.6) is 6.01 Å². The highest BCUT2D eigenvalue weighted by Gasteiger charge is 2.49. The zero-order valence-electron chi connectivity index (χ0n) is 22.8. The predicted octanol–water partition coefficient (Wildman–Crippen LogP) is 5.50. The Kier molecular flexibility index (Phi) is 6.55. The Labute approximate surface area is 243 Å². The molecule has 0 saturated carbocycles. The number of carbonyl (C=O) groups excluding carboxylic acids is 1. The first-order valence-electron chi connectivity index (χ1n) is 14.1. The molecule has 3 saturated heterocycles. The monoisotopic (exact) mass is 571 g/mol. The first-order valence-corrected chi connectivity index (χ1v) is 14.5. The number of halogens is 2. The van der Waals surface area contributed by atoms with Gasteiger partial charge in [-0.1, -0.05) is 54.6 Å². The molecule has 4 atom stereocenters. The summed E-state index contributed by atoms with van der Waals surface area (Å²) >= 11 is 6.65. The van der Waals surface area contributed by atoms with Gasteiger partial charge in [-0.15, -0.1) is 0 Å². The van der Waals surface area contributed by atoms with Gasteiger partial charge in [-0.3, -0.25) is 9.69 Å². The number of fused-ring (bicyclic) bond motifs is 3. The third-order valence-electron chi connectivity index (χ3n) is 8.89. The van der Waals surface area contributed by atoms with Crippen molar-refractivity contribution >= 4 is 45.0 Å². The van der Waals surface area contributed by atoms with Gasteiger partial charge in [0, 0.05) is 41.5 Å². The number of hydrogen-bond donors (Lipinski definition) is 0. The lowest BCUT2D eigenvalue weighted by molar-refractivity contribution is -0.127. The topological polar surface area (TPSA) is 61.8 Å². The van der Waals surface area contributed by atoms with Crippen LogP contribution in [0.2, 0.25) is 5.02 Å². The van der Waals surface area contributed by atoms with E-state index in [-0.39, 0.29) is 30.0 Å². The van der Waals surface area contributed by atoms with Crippen molar-refractivity contribution in [2.75, 3.05) is 38.2 Å². The Balaban J connectivity index is 1.28. The minimum Gasteiger partial charge on any atom is -0.462 e. The largest absolute Gasteiger partial charge is 0.462 e. The fourth-order valence-electron chi connectivity index (χ4n) is 6.71. The molecule has 9 heteroatoms. The van der Waals surface area contributed by atoms with E-state index in [1.54, 1.807) is 0 Å². The summed E-state index contributed by atoms with van der Waals surface area (Å²) in [4.78, 5) is 28.2. The highest BCUT2D eigenvalue weighted by Crippen LogP contribution is 2.41. The second kappa shape index (κ2) is 10.3. The van der Waals surface area contributed by atoms with Gasteiger partial charge >= 0.3 is 6.01 Å². The van der Waals surface area contributed by atoms with Gasteiger partial charge in [0.15, 0.2) is 0 Å². The molecule has 41 heavy (non-hydrogen) atoms. The molecule has 0 radical (unpaired) electrons. The Bertz CT molecular complexity index is 1680. The van der Waals surface area contributed by atoms with Crippen LogP contribution in [-0.4, -0.2) is 83.3 Å². The van der Waals surface area contributed by atoms with Crippen molar-refractivity contribution in [2.45, 2.75) is 37.1 Å². The lowest BCUT2D eigenvalue weighted by Crippen LogP contribution is -2.63. The molecule has 3 aliphatic heterocycles. The summed E-state index contributed by atoms with van der Waals surface area (Å²) in [5, 5.41) is 3.68. The fourth-order valence-corrected chi connectivity index (χ4v) is 6.99. The summed E-state index contributed by atoms with van der Waals surface area (Å²) in [7, 11) is 1.92. The van der Waals surface area contributed by atoms with Crippen LogP contribution < -0.4 is 9.64 Å². The number of alkyl halides is 1. The number of rotatable bonds is 6. The van der Waals surface area contributed by atoms with Crippen molar-refractivity contribution in [3.05, 3.63) is 72.3 Å². The molecule has 210 valence electrons. The number of carbonyl (C=O) groups is 1. The minimum absolute atomic E-state index is 0.0287. The van der Waals surface area contributed by atoms with Crippen molar-refractivity contribution in [3.63, 3.8) is 0 Å². The van der Waals surface area contributed by atoms with Crippen molar-refractivity contribution in [2.24, 2.45) is 0 Å². The number of ether oxygens (including phenoxy) is 1. The molecule has 3 aromatic carbocycles. The lowest BCUT2D eigenvalue weighted by atomic mass is 9.95. The molecule has 3 aliphatic rings. The van der Waals surface area contributed by atoms with E-state index in [9.17, 15) is 9.18 Å². The van der Waals surface area contributed by atoms with Gasteiger partial charge in [0.05, 0.1) is 17.6 Å². The second-order valence-corrected chi connectivity index (χ2v) is 11.7. The molecule has 0 bridgehead atoms. The normalized spacial score (nSPS) is 24.1. The van der Waals surface area contributed by atoms with E-state index in [4.69, 9.17) is 26.3 Å². The Morgan fingerprint density at radius 3 is 2.76 bits per heavy atom. The summed E-state index contributed by atoms with van der Waals surface area (Å²) in [6, 6.07) is 18.9. The molecular formula is C32H31ClFN5O2. The van der Waals surface area contributed by atoms with Crippen LogP contribution in [0.15, 0.2) is 67.3 Å². The van der Waals surface area contributed by atoms with Crippen molar-refractivity contribution < 1.29 is 13.9 Å². The van der Waals surface area contributed by atoms with E-state index in [1.807, 2.05) is 35.0 Å². The number of likely N-dealkylation sites (tertiary alicyclic amines) is 2. The zero-order chi connectivity index (χ0) is 28.2. The van der Waals surface area contributed by atoms with Crippen LogP contribution in [0.4, 0.5) is 10.2 Å². The van der Waals surface area contributed by atoms with Crippen LogP contribution in [0, 0.1) is 0 Å². The Morgan fingerprint density at radius 1 is 1.15 bits per heavy atom. The summed E-state index contributed by atoms with van der Waals surface area (Å²) in [5.74, 6) is 0.767. The maximum atomic E-state index is 14.0. The van der Waals surface area contributed by atoms with Gasteiger partial charge in [-0.25, -0.2) is 4.39 Å². The first-order chi connectivity index (χ1) is 19.9. The number of hydrogen-bond acceptors (Lipinski definition) is 6. The molecule has 0 N–H and O–H groups in total. The molecule has 4 heterocycles. The first kappa shape index (κ1) is 26.2. The molecule has 7 rings (SSSR count). The number of benzene rings is 3. The zero-order valence-corrected chi connectivity index (χ0v) is 23.6. The molecule has 4 aromatic rings. The van der Waals surface area contributed by atoms with Crippen molar-refractivity contribution in [1.29, 1.82) is 0 Å². The number of amides is 1. The van der Waals surface area contributed by atoms with Gasteiger partial charge in [-0.05, 0) is 60.7 Å². The van der Waals surface area contributed by atoms with E-state index >= 15 is 0 Å². The van der Waals surface area contributed by atoms with E-state index in [2.05, 4.69) is 47.9 Å². The Hall–Kier alpha value is -3.75. The molecule has 1 aromatic heterocycles. The fraction of sp³-hybridized carbons (Fsp3) is 0.344. The highest BCUT2D eigenvalue weighted by atomic mass is 35.5. The van der Waals surface area contributed by atoms with Gasteiger partial charge in [0.2, 0.25) is 5.91 Å². The number of nitrogens with zero attached hydrogens (tertiary/aromatic N) is 5. The Morgan fingerprint density at radius 2 is 1.98 bits per heavy atom. The second-order valence-electron chi connectivity index (χ2n) is 11.3. The van der Waals surface area contributed by atoms with E-state index < -0.39 is 6.17 Å². The summed E-state index contributed by atoms with van der Waals surface area (Å²) in [5.41, 5.74) is 2.78. The maximum Gasteiger partial charge on any atom is 0.319 e. The summed E-state index contributed by atoms with van der Waals surface area (Å²) < 4.78 is 20.1. The van der Waals surface area contributed by atoms with E-state index in [1.165, 1.54) is 6.08 Å². The van der Waals surface area contributed by atoms with Gasteiger partial charge in [0.25, 0.3) is 0 Å². The lowest BCUT2D eigenvalue weighted by Gasteiger charge is -2.47. The summed E-state index contributed by atoms with van der Waals surface area (Å²) in [6.07, 6.45) is 1.84. The predicted molar refractivity (Wildman–Crippen MR) is 160 cm³/mol. The minimum atomic E-state index is -0.849. The molecule has 7 nitrogen and oxygen atoms in total. The summed E-state index contributed by atoms with van der Waals surface area (Å²) in [6.45, 7) is 5.77. The molecular weight excluding hydrogens is 541 g/mol. The third kappa shape index (κ3) is 4.50. The van der Waals surface area contributed by atoms with E-state index in [0.29, 0.717) is 37.7 Å². The van der Waals surface area contributed by atoms with Crippen LogP contribution in [-0.2, 0) is 4.79 Å². The van der Waals surface area contributed by atoms with Gasteiger partial charge in [0.1, 0.15) is 18.6 Å². The molecule has 0 aliphatic carbocycles. The average Bonchev–Trinajstić information content (AvgIpc) is 3.47. The van der Waals surface area contributed by atoms with Crippen LogP contribution in [0.1, 0.15) is 12.8 Å². The van der Waals surface area contributed by atoms with Crippen LogP contribution >= 0.6 is 11.6 Å². The van der Waals surface area contributed by atoms with E-state index in [0.717, 1.165) is 45.0 Å². The van der Waals surface area contributed by atoms with Gasteiger partial charge < -0.3 is 14.5 Å². The molecule has 3 fully saturated rings. The van der Waals surface area contributed by atoms with Gasteiger partial charge in [-0.2, -0.15) is 9.97 Å². The van der Waals surface area contributed by atoms with Crippen molar-refractivity contribution in [3.8, 4) is 17.1 Å². The SMILES string of the molecule is C=CC(=O)N1CC[C@@H]2[C@H]1CN2c1nc(OC[C@@H]2C[C@@H](F)CN2C)nc2cc(-c3cccc4cccc(Cl)c34)ccc12. The van der Waals surface area contributed by atoms with Crippen molar-refractivity contribution in [1.82, 2.24) is 19.8 Å². The number of anilines is 1. The molecule has 0 unspecified atom stereocenters. The maximum absolute atomic E-state index is 14.0. The number of aromatic nitrogens is 2. The van der Waals surface area contributed by atoms with Crippen LogP contribution in [0.25, 0.3) is 32.8 Å². The average molecular weight is 572 g/mol. The highest BCUT2D eigenvalue weighted by molar-refractivity contribution is 6.36. The third-order valence-corrected chi connectivity index (χ3v) is 9.20. The molecule has 0 spiro atoms.